The summed E-state index contributed by atoms with van der Waals surface area (Å²) < 4.78 is 18.6. The molecule has 0 aliphatic carbocycles. The van der Waals surface area contributed by atoms with E-state index in [9.17, 15) is 4.39 Å². The average Bonchev–Trinajstić information content (AvgIpc) is 2.95. The summed E-state index contributed by atoms with van der Waals surface area (Å²) in [6.07, 6.45) is 2.47. The summed E-state index contributed by atoms with van der Waals surface area (Å²) >= 11 is 0. The van der Waals surface area contributed by atoms with Crippen molar-refractivity contribution in [2.24, 2.45) is 0 Å². The van der Waals surface area contributed by atoms with Gasteiger partial charge in [-0.05, 0) is 44.0 Å². The third-order valence-electron chi connectivity index (χ3n) is 4.08. The van der Waals surface area contributed by atoms with Gasteiger partial charge in [-0.2, -0.15) is 0 Å². The highest BCUT2D eigenvalue weighted by atomic mass is 19.1. The van der Waals surface area contributed by atoms with Crippen LogP contribution < -0.4 is 5.32 Å². The van der Waals surface area contributed by atoms with E-state index in [0.29, 0.717) is 12.6 Å². The van der Waals surface area contributed by atoms with E-state index in [4.69, 9.17) is 4.74 Å². The van der Waals surface area contributed by atoms with Crippen LogP contribution in [0.1, 0.15) is 31.4 Å². The Morgan fingerprint density at radius 1 is 1.50 bits per heavy atom. The molecule has 1 aliphatic rings. The van der Waals surface area contributed by atoms with Crippen molar-refractivity contribution in [2.45, 2.75) is 31.8 Å². The highest BCUT2D eigenvalue weighted by molar-refractivity contribution is 5.19. The zero-order valence-electron chi connectivity index (χ0n) is 12.4. The number of rotatable bonds is 7. The molecule has 0 saturated carbocycles. The van der Waals surface area contributed by atoms with Gasteiger partial charge in [0.15, 0.2) is 0 Å². The molecule has 2 unspecified atom stereocenters. The van der Waals surface area contributed by atoms with Gasteiger partial charge in [-0.25, -0.2) is 4.39 Å². The monoisotopic (exact) mass is 280 g/mol. The average molecular weight is 280 g/mol. The van der Waals surface area contributed by atoms with Crippen molar-refractivity contribution in [3.8, 4) is 0 Å². The summed E-state index contributed by atoms with van der Waals surface area (Å²) in [5, 5.41) is 3.52. The molecule has 1 aromatic rings. The fourth-order valence-electron chi connectivity index (χ4n) is 2.82. The fraction of sp³-hybridized carbons (Fsp3) is 0.625. The molecule has 4 heteroatoms. The quantitative estimate of drug-likeness (QED) is 0.831. The number of nitrogens with one attached hydrogen (secondary N) is 1. The van der Waals surface area contributed by atoms with Crippen molar-refractivity contribution in [2.75, 3.05) is 33.4 Å². The first kappa shape index (κ1) is 15.4. The molecule has 1 fully saturated rings. The molecule has 1 saturated heterocycles. The maximum atomic E-state index is 13.4. The van der Waals surface area contributed by atoms with Crippen LogP contribution in [0.5, 0.6) is 0 Å². The smallest absolute Gasteiger partial charge is 0.123 e. The van der Waals surface area contributed by atoms with Gasteiger partial charge in [0.25, 0.3) is 0 Å². The number of halogens is 1. The van der Waals surface area contributed by atoms with Crippen molar-refractivity contribution in [1.29, 1.82) is 0 Å². The lowest BCUT2D eigenvalue weighted by atomic mass is 10.1. The van der Waals surface area contributed by atoms with Crippen LogP contribution in [0.25, 0.3) is 0 Å². The second kappa shape index (κ2) is 7.72. The van der Waals surface area contributed by atoms with Crippen LogP contribution in [-0.2, 0) is 4.74 Å². The van der Waals surface area contributed by atoms with E-state index in [0.717, 1.165) is 25.2 Å². The van der Waals surface area contributed by atoms with Gasteiger partial charge in [0, 0.05) is 32.3 Å². The standard InChI is InChI=1S/C16H25FN2O/c1-13(14-5-3-6-15(17)11-14)19(9-10-20-2)12-16-7-4-8-18-16/h3,5-6,11,13,16,18H,4,7-10,12H2,1-2H3. The van der Waals surface area contributed by atoms with Crippen molar-refractivity contribution >= 4 is 0 Å². The Bertz CT molecular complexity index is 407. The molecule has 0 spiro atoms. The third-order valence-corrected chi connectivity index (χ3v) is 4.08. The summed E-state index contributed by atoms with van der Waals surface area (Å²) in [6, 6.07) is 7.64. The van der Waals surface area contributed by atoms with Crippen LogP contribution in [0.2, 0.25) is 0 Å². The molecular weight excluding hydrogens is 255 g/mol. The van der Waals surface area contributed by atoms with Crippen LogP contribution in [0.4, 0.5) is 4.39 Å². The third kappa shape index (κ3) is 4.27. The number of ether oxygens (including phenoxy) is 1. The minimum absolute atomic E-state index is 0.167. The van der Waals surface area contributed by atoms with Crippen molar-refractivity contribution in [1.82, 2.24) is 10.2 Å². The summed E-state index contributed by atoms with van der Waals surface area (Å²) in [4.78, 5) is 2.38. The van der Waals surface area contributed by atoms with Gasteiger partial charge >= 0.3 is 0 Å². The molecule has 0 radical (unpaired) electrons. The number of hydrogen-bond acceptors (Lipinski definition) is 3. The second-order valence-corrected chi connectivity index (χ2v) is 5.51. The summed E-state index contributed by atoms with van der Waals surface area (Å²) in [7, 11) is 1.72. The summed E-state index contributed by atoms with van der Waals surface area (Å²) in [6.45, 7) is 5.80. The molecular formula is C16H25FN2O. The Hall–Kier alpha value is -0.970. The minimum Gasteiger partial charge on any atom is -0.383 e. The molecule has 2 atom stereocenters. The number of hydrogen-bond donors (Lipinski definition) is 1. The first-order valence-electron chi connectivity index (χ1n) is 7.42. The van der Waals surface area contributed by atoms with Crippen LogP contribution in [-0.4, -0.2) is 44.3 Å². The maximum Gasteiger partial charge on any atom is 0.123 e. The largest absolute Gasteiger partial charge is 0.383 e. The van der Waals surface area contributed by atoms with Gasteiger partial charge in [-0.1, -0.05) is 12.1 Å². The molecule has 2 rings (SSSR count). The Labute approximate surface area is 121 Å². The molecule has 3 nitrogen and oxygen atoms in total. The first-order valence-corrected chi connectivity index (χ1v) is 7.42. The van der Waals surface area contributed by atoms with Gasteiger partial charge in [-0.15, -0.1) is 0 Å². The van der Waals surface area contributed by atoms with E-state index in [-0.39, 0.29) is 11.9 Å². The van der Waals surface area contributed by atoms with Crippen molar-refractivity contribution in [3.63, 3.8) is 0 Å². The molecule has 0 amide bonds. The van der Waals surface area contributed by atoms with E-state index >= 15 is 0 Å². The Morgan fingerprint density at radius 3 is 3.00 bits per heavy atom. The predicted molar refractivity (Wildman–Crippen MR) is 79.3 cm³/mol. The van der Waals surface area contributed by atoms with Gasteiger partial charge in [0.2, 0.25) is 0 Å². The van der Waals surface area contributed by atoms with E-state index in [1.54, 1.807) is 19.2 Å². The lowest BCUT2D eigenvalue weighted by Crippen LogP contribution is -2.40. The Balaban J connectivity index is 2.03. The Kier molecular flexibility index (Phi) is 5.95. The molecule has 0 aromatic heterocycles. The first-order chi connectivity index (χ1) is 9.70. The van der Waals surface area contributed by atoms with Crippen LogP contribution in [0.3, 0.4) is 0 Å². The molecule has 1 aromatic carbocycles. The van der Waals surface area contributed by atoms with Crippen LogP contribution in [0.15, 0.2) is 24.3 Å². The molecule has 1 N–H and O–H groups in total. The lowest BCUT2D eigenvalue weighted by molar-refractivity contribution is 0.118. The molecule has 0 bridgehead atoms. The van der Waals surface area contributed by atoms with Gasteiger partial charge in [-0.3, -0.25) is 4.90 Å². The summed E-state index contributed by atoms with van der Waals surface area (Å²) in [5.41, 5.74) is 1.03. The van der Waals surface area contributed by atoms with E-state index in [1.165, 1.54) is 18.9 Å². The maximum absolute atomic E-state index is 13.4. The van der Waals surface area contributed by atoms with E-state index in [2.05, 4.69) is 17.1 Å². The topological polar surface area (TPSA) is 24.5 Å². The van der Waals surface area contributed by atoms with E-state index < -0.39 is 0 Å². The molecule has 112 valence electrons. The highest BCUT2D eigenvalue weighted by Gasteiger charge is 2.22. The minimum atomic E-state index is -0.167. The normalized spacial score (nSPS) is 20.5. The molecule has 20 heavy (non-hydrogen) atoms. The zero-order chi connectivity index (χ0) is 14.4. The lowest BCUT2D eigenvalue weighted by Gasteiger charge is -2.31. The number of nitrogens with zero attached hydrogens (tertiary/aromatic N) is 1. The van der Waals surface area contributed by atoms with Gasteiger partial charge in [0.05, 0.1) is 6.61 Å². The molecule has 1 aliphatic heterocycles. The van der Waals surface area contributed by atoms with Crippen LogP contribution >= 0.6 is 0 Å². The second-order valence-electron chi connectivity index (χ2n) is 5.51. The number of benzene rings is 1. The van der Waals surface area contributed by atoms with Gasteiger partial charge < -0.3 is 10.1 Å². The molecule has 1 heterocycles. The Morgan fingerprint density at radius 2 is 2.35 bits per heavy atom. The summed E-state index contributed by atoms with van der Waals surface area (Å²) in [5.74, 6) is -0.167. The van der Waals surface area contributed by atoms with Crippen molar-refractivity contribution < 1.29 is 9.13 Å². The predicted octanol–water partition coefficient (Wildman–Crippen LogP) is 2.59. The zero-order valence-corrected chi connectivity index (χ0v) is 12.4. The van der Waals surface area contributed by atoms with E-state index in [1.807, 2.05) is 6.07 Å². The highest BCUT2D eigenvalue weighted by Crippen LogP contribution is 2.22. The van der Waals surface area contributed by atoms with Crippen molar-refractivity contribution in [3.05, 3.63) is 35.6 Å². The number of methoxy groups -OCH3 is 1. The van der Waals surface area contributed by atoms with Gasteiger partial charge in [0.1, 0.15) is 5.82 Å². The fourth-order valence-corrected chi connectivity index (χ4v) is 2.82. The SMILES string of the molecule is COCCN(CC1CCCN1)C(C)c1cccc(F)c1. The van der Waals surface area contributed by atoms with Crippen LogP contribution in [0, 0.1) is 5.82 Å².